The van der Waals surface area contributed by atoms with Crippen LogP contribution in [-0.4, -0.2) is 77.1 Å². The van der Waals surface area contributed by atoms with Gasteiger partial charge in [-0.1, -0.05) is 63.7 Å². The largest absolute Gasteiger partial charge is 0.469 e. The zero-order chi connectivity index (χ0) is 28.5. The first-order valence-corrected chi connectivity index (χ1v) is 15.4. The molecule has 4 atom stereocenters. The number of ether oxygens (including phenoxy) is 3. The molecule has 0 spiro atoms. The van der Waals surface area contributed by atoms with E-state index in [4.69, 9.17) is 24.0 Å². The lowest BCUT2D eigenvalue weighted by atomic mass is 9.77. The van der Waals surface area contributed by atoms with E-state index in [1.54, 1.807) is 6.92 Å². The number of carbonyl (C=O) groups excluding carboxylic acids is 3. The van der Waals surface area contributed by atoms with E-state index in [-0.39, 0.29) is 38.2 Å². The van der Waals surface area contributed by atoms with E-state index in [0.717, 1.165) is 51.4 Å². The van der Waals surface area contributed by atoms with E-state index in [0.29, 0.717) is 25.0 Å². The van der Waals surface area contributed by atoms with Crippen LogP contribution in [0.15, 0.2) is 24.3 Å². The highest BCUT2D eigenvalue weighted by Gasteiger charge is 2.67. The van der Waals surface area contributed by atoms with Gasteiger partial charge in [0.1, 0.15) is 5.60 Å². The summed E-state index contributed by atoms with van der Waals surface area (Å²) < 4.78 is 32.1. The van der Waals surface area contributed by atoms with Gasteiger partial charge in [0.15, 0.2) is 0 Å². The average molecular weight is 572 g/mol. The van der Waals surface area contributed by atoms with E-state index in [1.807, 2.05) is 12.2 Å². The summed E-state index contributed by atoms with van der Waals surface area (Å²) in [5.74, 6) is -2.08. The van der Waals surface area contributed by atoms with Crippen molar-refractivity contribution in [2.24, 2.45) is 11.8 Å². The monoisotopic (exact) mass is 571 g/mol. The number of carbonyl (C=O) groups is 3. The van der Waals surface area contributed by atoms with Gasteiger partial charge in [0.2, 0.25) is 11.8 Å². The Morgan fingerprint density at radius 2 is 1.62 bits per heavy atom. The van der Waals surface area contributed by atoms with E-state index < -0.39 is 37.3 Å². The molecule has 220 valence electrons. The molecule has 39 heavy (non-hydrogen) atoms. The summed E-state index contributed by atoms with van der Waals surface area (Å²) in [5.41, 5.74) is -0.599. The second kappa shape index (κ2) is 14.7. The van der Waals surface area contributed by atoms with E-state index in [2.05, 4.69) is 11.1 Å². The SMILES string of the molecule is C=C(C)C(=O)OCCCN1C(=O)C2C3C=CC(COCCCCCCCCCCCOP(=O)(O)O)(O3)C2C1=O. The Morgan fingerprint density at radius 1 is 1.00 bits per heavy atom. The lowest BCUT2D eigenvalue weighted by Gasteiger charge is -2.28. The molecule has 2 saturated heterocycles. The van der Waals surface area contributed by atoms with Gasteiger partial charge in [-0.25, -0.2) is 9.36 Å². The number of phosphoric acid groups is 1. The molecule has 12 heteroatoms. The first-order chi connectivity index (χ1) is 18.6. The third kappa shape index (κ3) is 8.80. The highest BCUT2D eigenvalue weighted by molar-refractivity contribution is 7.46. The molecule has 4 unspecified atom stereocenters. The van der Waals surface area contributed by atoms with Crippen LogP contribution in [0, 0.1) is 11.8 Å². The third-order valence-electron chi connectivity index (χ3n) is 7.37. The Balaban J connectivity index is 1.27. The van der Waals surface area contributed by atoms with E-state index >= 15 is 0 Å². The van der Waals surface area contributed by atoms with Crippen molar-refractivity contribution < 1.29 is 47.5 Å². The van der Waals surface area contributed by atoms with Crippen LogP contribution in [0.25, 0.3) is 0 Å². The number of unbranched alkanes of at least 4 members (excludes halogenated alkanes) is 8. The van der Waals surface area contributed by atoms with Gasteiger partial charge in [0, 0.05) is 18.7 Å². The molecule has 11 nitrogen and oxygen atoms in total. The van der Waals surface area contributed by atoms with Gasteiger partial charge >= 0.3 is 13.8 Å². The molecule has 3 rings (SSSR count). The van der Waals surface area contributed by atoms with Crippen molar-refractivity contribution in [3.63, 3.8) is 0 Å². The van der Waals surface area contributed by atoms with Crippen molar-refractivity contribution in [3.05, 3.63) is 24.3 Å². The Kier molecular flexibility index (Phi) is 11.9. The van der Waals surface area contributed by atoms with Crippen LogP contribution in [0.3, 0.4) is 0 Å². The zero-order valence-electron chi connectivity index (χ0n) is 22.8. The number of hydrogen-bond acceptors (Lipinski definition) is 8. The summed E-state index contributed by atoms with van der Waals surface area (Å²) in [6.07, 6.45) is 12.6. The molecule has 2 amide bonds. The van der Waals surface area contributed by atoms with Crippen LogP contribution < -0.4 is 0 Å². The fourth-order valence-corrected chi connectivity index (χ4v) is 5.78. The number of hydrogen-bond donors (Lipinski definition) is 2. The Morgan fingerprint density at radius 3 is 2.23 bits per heavy atom. The molecule has 3 aliphatic heterocycles. The van der Waals surface area contributed by atoms with Crippen LogP contribution in [-0.2, 0) is 37.7 Å². The molecule has 0 aromatic carbocycles. The van der Waals surface area contributed by atoms with Crippen molar-refractivity contribution in [3.8, 4) is 0 Å². The molecule has 0 radical (unpaired) electrons. The number of nitrogens with zero attached hydrogens (tertiary/aromatic N) is 1. The number of rotatable bonds is 20. The summed E-state index contributed by atoms with van der Waals surface area (Å²) in [6.45, 7) is 6.28. The Labute approximate surface area is 230 Å². The maximum absolute atomic E-state index is 13.2. The van der Waals surface area contributed by atoms with E-state index in [1.165, 1.54) is 4.90 Å². The topological polar surface area (TPSA) is 149 Å². The molecule has 2 bridgehead atoms. The Bertz CT molecular complexity index is 962. The second-order valence-electron chi connectivity index (χ2n) is 10.6. The minimum absolute atomic E-state index is 0.0892. The van der Waals surface area contributed by atoms with Crippen LogP contribution in [0.2, 0.25) is 0 Å². The molecular weight excluding hydrogens is 529 g/mol. The predicted octanol–water partition coefficient (Wildman–Crippen LogP) is 3.44. The van der Waals surface area contributed by atoms with Gasteiger partial charge in [0.25, 0.3) is 0 Å². The van der Waals surface area contributed by atoms with Gasteiger partial charge in [-0.3, -0.25) is 19.0 Å². The van der Waals surface area contributed by atoms with E-state index in [9.17, 15) is 18.9 Å². The summed E-state index contributed by atoms with van der Waals surface area (Å²) >= 11 is 0. The molecule has 2 N–H and O–H groups in total. The molecular formula is C27H42NO10P. The molecule has 0 saturated carbocycles. The van der Waals surface area contributed by atoms with Crippen LogP contribution in [0.1, 0.15) is 71.1 Å². The number of amides is 2. The van der Waals surface area contributed by atoms with Gasteiger partial charge in [0.05, 0.1) is 37.8 Å². The first kappa shape index (κ1) is 31.6. The minimum Gasteiger partial charge on any atom is -0.462 e. The van der Waals surface area contributed by atoms with Crippen molar-refractivity contribution >= 4 is 25.6 Å². The standard InChI is InChI=1S/C27H42NO10P/c1-20(2)26(31)36-17-12-15-28-24(29)22-21-13-14-27(38-21,23(22)25(28)30)19-35-16-10-8-6-4-3-5-7-9-11-18-37-39(32,33)34/h13-14,21-23H,1,3-12,15-19H2,2H3,(H2,32,33,34). The number of fused-ring (bicyclic) bond motifs is 5. The average Bonchev–Trinajstić information content (AvgIpc) is 3.51. The fourth-order valence-electron chi connectivity index (χ4n) is 5.42. The van der Waals surface area contributed by atoms with Gasteiger partial charge in [-0.2, -0.15) is 0 Å². The molecule has 0 aromatic rings. The predicted molar refractivity (Wildman–Crippen MR) is 141 cm³/mol. The lowest BCUT2D eigenvalue weighted by Crippen LogP contribution is -2.44. The zero-order valence-corrected chi connectivity index (χ0v) is 23.6. The van der Waals surface area contributed by atoms with Gasteiger partial charge in [-0.05, 0) is 26.2 Å². The normalized spacial score (nSPS) is 25.5. The maximum Gasteiger partial charge on any atom is 0.469 e. The summed E-state index contributed by atoms with van der Waals surface area (Å²) in [4.78, 5) is 56.2. The first-order valence-electron chi connectivity index (χ1n) is 13.9. The second-order valence-corrected chi connectivity index (χ2v) is 11.8. The molecule has 2 fully saturated rings. The van der Waals surface area contributed by atoms with Crippen molar-refractivity contribution in [2.75, 3.05) is 33.0 Å². The summed E-state index contributed by atoms with van der Waals surface area (Å²) in [6, 6.07) is 0. The van der Waals surface area contributed by atoms with Crippen LogP contribution >= 0.6 is 7.82 Å². The third-order valence-corrected chi connectivity index (χ3v) is 7.89. The van der Waals surface area contributed by atoms with Crippen LogP contribution in [0.4, 0.5) is 0 Å². The fraction of sp³-hybridized carbons (Fsp3) is 0.741. The van der Waals surface area contributed by atoms with Crippen LogP contribution in [0.5, 0.6) is 0 Å². The molecule has 3 heterocycles. The van der Waals surface area contributed by atoms with Gasteiger partial charge < -0.3 is 24.0 Å². The molecule has 0 aromatic heterocycles. The minimum atomic E-state index is -4.35. The summed E-state index contributed by atoms with van der Waals surface area (Å²) in [7, 11) is -4.35. The van der Waals surface area contributed by atoms with Crippen molar-refractivity contribution in [1.82, 2.24) is 4.90 Å². The number of imide groups is 1. The smallest absolute Gasteiger partial charge is 0.462 e. The number of esters is 1. The number of phosphoric ester groups is 1. The highest BCUT2D eigenvalue weighted by atomic mass is 31.2. The Hall–Kier alpha value is -1.88. The molecule has 0 aliphatic carbocycles. The van der Waals surface area contributed by atoms with Crippen molar-refractivity contribution in [2.45, 2.75) is 82.8 Å². The lowest BCUT2D eigenvalue weighted by molar-refractivity contribution is -0.146. The maximum atomic E-state index is 13.2. The number of likely N-dealkylation sites (tertiary alicyclic amines) is 1. The molecule has 3 aliphatic rings. The summed E-state index contributed by atoms with van der Waals surface area (Å²) in [5, 5.41) is 0. The quantitative estimate of drug-likeness (QED) is 0.0556. The van der Waals surface area contributed by atoms with Gasteiger partial charge in [-0.15, -0.1) is 0 Å². The highest BCUT2D eigenvalue weighted by Crippen LogP contribution is 2.51. The van der Waals surface area contributed by atoms with Crippen molar-refractivity contribution in [1.29, 1.82) is 0 Å².